The van der Waals surface area contributed by atoms with Crippen LogP contribution in [0, 0.1) is 5.82 Å². The van der Waals surface area contributed by atoms with Crippen molar-refractivity contribution in [1.29, 1.82) is 0 Å². The Morgan fingerprint density at radius 3 is 2.41 bits per heavy atom. The molecule has 0 unspecified atom stereocenters. The monoisotopic (exact) mass is 398 g/mol. The second-order valence-corrected chi connectivity index (χ2v) is 7.08. The summed E-state index contributed by atoms with van der Waals surface area (Å²) in [7, 11) is 0. The predicted octanol–water partition coefficient (Wildman–Crippen LogP) is 8.01. The van der Waals surface area contributed by atoms with Crippen LogP contribution in [0.4, 0.5) is 13.2 Å². The molecule has 0 amide bonds. The average molecular weight is 398 g/mol. The molecule has 3 rings (SSSR count). The number of hydrogen-bond donors (Lipinski definition) is 0. The fourth-order valence-corrected chi connectivity index (χ4v) is 3.53. The van der Waals surface area contributed by atoms with E-state index in [1.54, 1.807) is 30.3 Å². The molecule has 0 aliphatic rings. The predicted molar refractivity (Wildman–Crippen MR) is 114 cm³/mol. The lowest BCUT2D eigenvalue weighted by atomic mass is 9.96. The number of benzene rings is 3. The maximum absolute atomic E-state index is 15.4. The molecule has 0 saturated carbocycles. The lowest BCUT2D eigenvalue weighted by molar-refractivity contribution is -0.0494. The van der Waals surface area contributed by atoms with Gasteiger partial charge in [0, 0.05) is 5.39 Å². The van der Waals surface area contributed by atoms with Gasteiger partial charge in [-0.3, -0.25) is 0 Å². The highest BCUT2D eigenvalue weighted by atomic mass is 19.3. The van der Waals surface area contributed by atoms with Gasteiger partial charge < -0.3 is 4.74 Å². The van der Waals surface area contributed by atoms with Crippen LogP contribution in [0.2, 0.25) is 0 Å². The number of rotatable bonds is 8. The van der Waals surface area contributed by atoms with Gasteiger partial charge in [0.2, 0.25) is 0 Å². The van der Waals surface area contributed by atoms with E-state index in [1.165, 1.54) is 6.07 Å². The van der Waals surface area contributed by atoms with Gasteiger partial charge in [-0.15, -0.1) is 0 Å². The molecular formula is C25H25F3O. The van der Waals surface area contributed by atoms with Crippen molar-refractivity contribution in [3.63, 3.8) is 0 Å². The van der Waals surface area contributed by atoms with Crippen molar-refractivity contribution in [3.05, 3.63) is 71.6 Å². The first-order chi connectivity index (χ1) is 14.0. The average Bonchev–Trinajstić information content (AvgIpc) is 2.69. The Kier molecular flexibility index (Phi) is 6.97. The summed E-state index contributed by atoms with van der Waals surface area (Å²) in [6.07, 6.45) is 8.07. The van der Waals surface area contributed by atoms with Gasteiger partial charge in [0.1, 0.15) is 11.6 Å². The Morgan fingerprint density at radius 2 is 1.76 bits per heavy atom. The van der Waals surface area contributed by atoms with Crippen molar-refractivity contribution in [3.8, 4) is 16.9 Å². The number of aryl methyl sites for hydroxylation is 1. The summed E-state index contributed by atoms with van der Waals surface area (Å²) in [6.45, 7) is 1.00. The van der Waals surface area contributed by atoms with Gasteiger partial charge in [-0.25, -0.2) is 4.39 Å². The van der Waals surface area contributed by atoms with Gasteiger partial charge in [0.05, 0.1) is 5.56 Å². The van der Waals surface area contributed by atoms with E-state index in [4.69, 9.17) is 4.74 Å². The van der Waals surface area contributed by atoms with Crippen LogP contribution in [0.25, 0.3) is 28.0 Å². The molecule has 0 bridgehead atoms. The molecule has 0 saturated heterocycles. The summed E-state index contributed by atoms with van der Waals surface area (Å²) in [5.41, 5.74) is 2.61. The summed E-state index contributed by atoms with van der Waals surface area (Å²) in [4.78, 5) is 0. The first-order valence-electron chi connectivity index (χ1n) is 9.96. The zero-order chi connectivity index (χ0) is 20.8. The maximum atomic E-state index is 15.4. The van der Waals surface area contributed by atoms with Crippen molar-refractivity contribution in [2.75, 3.05) is 0 Å². The van der Waals surface area contributed by atoms with E-state index >= 15 is 4.39 Å². The quantitative estimate of drug-likeness (QED) is 0.349. The van der Waals surface area contributed by atoms with Crippen LogP contribution in [0.3, 0.4) is 0 Å². The third-order valence-corrected chi connectivity index (χ3v) is 4.95. The molecule has 0 aromatic heterocycles. The fraction of sp³-hybridized carbons (Fsp3) is 0.280. The van der Waals surface area contributed by atoms with E-state index < -0.39 is 12.4 Å². The Hall–Kier alpha value is -2.75. The largest absolute Gasteiger partial charge is 0.434 e. The van der Waals surface area contributed by atoms with Crippen LogP contribution in [-0.4, -0.2) is 6.61 Å². The van der Waals surface area contributed by atoms with Crippen molar-refractivity contribution in [1.82, 2.24) is 0 Å². The minimum Gasteiger partial charge on any atom is -0.434 e. The zero-order valence-electron chi connectivity index (χ0n) is 16.7. The highest BCUT2D eigenvalue weighted by Crippen LogP contribution is 2.39. The third-order valence-electron chi connectivity index (χ3n) is 4.95. The summed E-state index contributed by atoms with van der Waals surface area (Å²) < 4.78 is 46.2. The number of unbranched alkanes of at least 4 members (excludes halogenated alkanes) is 2. The van der Waals surface area contributed by atoms with Gasteiger partial charge in [0.25, 0.3) is 0 Å². The number of ether oxygens (including phenoxy) is 1. The van der Waals surface area contributed by atoms with Crippen LogP contribution in [0.5, 0.6) is 5.75 Å². The van der Waals surface area contributed by atoms with Gasteiger partial charge in [-0.2, -0.15) is 8.78 Å². The topological polar surface area (TPSA) is 9.23 Å². The molecule has 0 radical (unpaired) electrons. The van der Waals surface area contributed by atoms with E-state index in [0.717, 1.165) is 36.8 Å². The Bertz CT molecular complexity index is 991. The molecule has 4 heteroatoms. The van der Waals surface area contributed by atoms with Gasteiger partial charge >= 0.3 is 6.61 Å². The van der Waals surface area contributed by atoms with Crippen LogP contribution < -0.4 is 4.74 Å². The molecule has 0 spiro atoms. The van der Waals surface area contributed by atoms with Crippen LogP contribution >= 0.6 is 0 Å². The smallest absolute Gasteiger partial charge is 0.387 e. The third kappa shape index (κ3) is 5.00. The molecule has 0 fully saturated rings. The lowest BCUT2D eigenvalue weighted by Gasteiger charge is -2.15. The minimum atomic E-state index is -3.03. The molecule has 1 nitrogen and oxygen atoms in total. The van der Waals surface area contributed by atoms with Crippen molar-refractivity contribution >= 4 is 16.8 Å². The molecule has 0 atom stereocenters. The van der Waals surface area contributed by atoms with Crippen LogP contribution in [-0.2, 0) is 6.42 Å². The Morgan fingerprint density at radius 1 is 1.00 bits per heavy atom. The second-order valence-electron chi connectivity index (χ2n) is 7.08. The Labute approximate surface area is 169 Å². The number of halogens is 3. The lowest BCUT2D eigenvalue weighted by Crippen LogP contribution is -2.05. The number of hydrogen-bond acceptors (Lipinski definition) is 1. The van der Waals surface area contributed by atoms with Crippen molar-refractivity contribution in [2.24, 2.45) is 0 Å². The summed E-state index contributed by atoms with van der Waals surface area (Å²) in [5.74, 6) is -0.703. The molecule has 152 valence electrons. The van der Waals surface area contributed by atoms with Crippen LogP contribution in [0.1, 0.15) is 44.2 Å². The van der Waals surface area contributed by atoms with Gasteiger partial charge in [-0.05, 0) is 54.0 Å². The number of fused-ring (bicyclic) bond motifs is 1. The van der Waals surface area contributed by atoms with E-state index in [0.29, 0.717) is 16.3 Å². The molecule has 0 aliphatic heterocycles. The minimum absolute atomic E-state index is 0.0664. The number of alkyl halides is 2. The molecular weight excluding hydrogens is 373 g/mol. The molecule has 0 heterocycles. The fourth-order valence-electron chi connectivity index (χ4n) is 3.53. The van der Waals surface area contributed by atoms with Crippen LogP contribution in [0.15, 0.2) is 54.6 Å². The number of allylic oxidation sites excluding steroid dienone is 1. The second kappa shape index (κ2) is 9.64. The highest BCUT2D eigenvalue weighted by molar-refractivity contribution is 5.93. The molecule has 0 N–H and O–H groups in total. The molecule has 3 aromatic carbocycles. The summed E-state index contributed by atoms with van der Waals surface area (Å²) >= 11 is 0. The maximum Gasteiger partial charge on any atom is 0.387 e. The molecule has 3 aromatic rings. The first kappa shape index (κ1) is 21.0. The normalized spacial score (nSPS) is 11.7. The summed E-state index contributed by atoms with van der Waals surface area (Å²) in [6, 6.07) is 14.1. The Balaban J connectivity index is 2.07. The molecule has 29 heavy (non-hydrogen) atoms. The van der Waals surface area contributed by atoms with Crippen molar-refractivity contribution in [2.45, 2.75) is 46.1 Å². The first-order valence-corrected chi connectivity index (χ1v) is 9.96. The van der Waals surface area contributed by atoms with E-state index in [2.05, 4.69) is 6.92 Å². The standard InChI is InChI=1S/C25H25F3O/c1-3-5-6-8-17-9-12-19(13-10-17)23-22(29-25(27)28)16-20-15-18(7-4-2)11-14-21(20)24(23)26/h4,7,9-16,25H,3,5-6,8H2,1-2H3/b7-4+. The van der Waals surface area contributed by atoms with Crippen molar-refractivity contribution < 1.29 is 17.9 Å². The van der Waals surface area contributed by atoms with Gasteiger partial charge in [-0.1, -0.05) is 68.3 Å². The zero-order valence-corrected chi connectivity index (χ0v) is 16.7. The highest BCUT2D eigenvalue weighted by Gasteiger charge is 2.19. The van der Waals surface area contributed by atoms with E-state index in [9.17, 15) is 8.78 Å². The van der Waals surface area contributed by atoms with E-state index in [-0.39, 0.29) is 11.3 Å². The summed E-state index contributed by atoms with van der Waals surface area (Å²) in [5, 5.41) is 0.899. The van der Waals surface area contributed by atoms with Gasteiger partial charge in [0.15, 0.2) is 0 Å². The molecule has 0 aliphatic carbocycles. The SMILES string of the molecule is C/C=C/c1ccc2c(F)c(-c3ccc(CCCCC)cc3)c(OC(F)F)cc2c1. The van der Waals surface area contributed by atoms with E-state index in [1.807, 2.05) is 31.2 Å².